The zero-order chi connectivity index (χ0) is 69.4. The highest BCUT2D eigenvalue weighted by Crippen LogP contribution is 2.32. The summed E-state index contributed by atoms with van der Waals surface area (Å²) >= 11 is 0. The third kappa shape index (κ3) is 32.0. The van der Waals surface area contributed by atoms with Crippen molar-refractivity contribution in [3.63, 3.8) is 0 Å². The van der Waals surface area contributed by atoms with Crippen molar-refractivity contribution in [1.29, 1.82) is 0 Å². The van der Waals surface area contributed by atoms with Gasteiger partial charge in [0.15, 0.2) is 49.2 Å². The number of aromatic nitrogens is 6. The molecule has 95 heavy (non-hydrogen) atoms. The molecule has 2 aliphatic heterocycles. The van der Waals surface area contributed by atoms with Crippen LogP contribution in [0.4, 0.5) is 0 Å². The van der Waals surface area contributed by atoms with Gasteiger partial charge in [0.1, 0.15) is 36.8 Å². The van der Waals surface area contributed by atoms with Gasteiger partial charge in [0.25, 0.3) is 0 Å². The number of carbonyl (C=O) groups excluding carboxylic acids is 8. The molecule has 0 saturated carbocycles. The van der Waals surface area contributed by atoms with E-state index < -0.39 is 128 Å². The van der Waals surface area contributed by atoms with Crippen LogP contribution in [0, 0.1) is 5.41 Å². The molecule has 4 heterocycles. The molecule has 0 spiro atoms. The van der Waals surface area contributed by atoms with E-state index in [0.29, 0.717) is 11.4 Å². The molecule has 0 amide bonds. The van der Waals surface area contributed by atoms with E-state index >= 15 is 0 Å². The van der Waals surface area contributed by atoms with E-state index in [1.54, 1.807) is 12.4 Å². The summed E-state index contributed by atoms with van der Waals surface area (Å²) in [4.78, 5) is 102. The van der Waals surface area contributed by atoms with E-state index in [9.17, 15) is 38.4 Å². The van der Waals surface area contributed by atoms with Gasteiger partial charge >= 0.3 is 47.8 Å². The number of hydrogen-bond acceptors (Lipinski definition) is 34. The lowest BCUT2D eigenvalue weighted by Gasteiger charge is -2.43. The summed E-state index contributed by atoms with van der Waals surface area (Å²) in [7, 11) is 0. The maximum atomic E-state index is 12.2. The molecule has 2 aromatic rings. The first-order valence-corrected chi connectivity index (χ1v) is 29.9. The molecule has 2 aromatic heterocycles. The lowest BCUT2D eigenvalue weighted by atomic mass is 9.92. The number of rotatable bonds is 48. The Hall–Kier alpha value is -7.82. The van der Waals surface area contributed by atoms with Crippen molar-refractivity contribution in [1.82, 2.24) is 30.0 Å². The first-order valence-electron chi connectivity index (χ1n) is 29.9. The van der Waals surface area contributed by atoms with Gasteiger partial charge in [-0.2, -0.15) is 0 Å². The van der Waals surface area contributed by atoms with Crippen molar-refractivity contribution in [3.8, 4) is 0 Å². The maximum absolute atomic E-state index is 12.2. The molecule has 40 heteroatoms. The second kappa shape index (κ2) is 44.8. The Balaban J connectivity index is 1.34. The highest BCUT2D eigenvalue weighted by atomic mass is 16.8. The molecule has 2 aliphatic rings. The molecule has 532 valence electrons. The number of ether oxygens (including phenoxy) is 20. The van der Waals surface area contributed by atoms with Gasteiger partial charge in [-0.15, -0.1) is 10.2 Å². The molecule has 0 bridgehead atoms. The summed E-state index contributed by atoms with van der Waals surface area (Å²) in [6, 6.07) is 0. The summed E-state index contributed by atoms with van der Waals surface area (Å²) in [5, 5.41) is 23.4. The Morgan fingerprint density at radius 2 is 0.737 bits per heavy atom. The van der Waals surface area contributed by atoms with Gasteiger partial charge in [-0.25, -0.2) is 9.36 Å². The molecule has 0 N–H and O–H groups in total. The largest absolute Gasteiger partial charge is 0.463 e. The summed E-state index contributed by atoms with van der Waals surface area (Å²) in [6.45, 7) is 10.5. The van der Waals surface area contributed by atoms with Crippen LogP contribution in [0.15, 0.2) is 22.6 Å². The van der Waals surface area contributed by atoms with Crippen LogP contribution in [0.25, 0.3) is 20.9 Å². The third-order valence-corrected chi connectivity index (χ3v) is 12.7. The highest BCUT2D eigenvalue weighted by Gasteiger charge is 2.54. The van der Waals surface area contributed by atoms with Gasteiger partial charge in [-0.1, -0.05) is 20.7 Å². The van der Waals surface area contributed by atoms with Gasteiger partial charge in [0.05, 0.1) is 150 Å². The topological polar surface area (TPSA) is 480 Å². The number of carbonyl (C=O) groups is 8. The van der Waals surface area contributed by atoms with Gasteiger partial charge in [0, 0.05) is 78.3 Å². The lowest BCUT2D eigenvalue weighted by Crippen LogP contribution is -2.62. The Morgan fingerprint density at radius 1 is 0.432 bits per heavy atom. The van der Waals surface area contributed by atoms with Crippen LogP contribution >= 0.6 is 0 Å². The normalized spacial score (nSPS) is 21.3. The summed E-state index contributed by atoms with van der Waals surface area (Å²) in [5.41, 5.74) is 16.9. The fraction of sp³-hybridized carbons (Fsp3) is 0.782. The Morgan fingerprint density at radius 3 is 1.05 bits per heavy atom. The quantitative estimate of drug-likeness (QED) is 0.0217. The lowest BCUT2D eigenvalue weighted by molar-refractivity contribution is -0.310. The average molecular weight is 1360 g/mol. The van der Waals surface area contributed by atoms with E-state index in [-0.39, 0.29) is 145 Å². The van der Waals surface area contributed by atoms with Gasteiger partial charge in [0.2, 0.25) is 0 Å². The van der Waals surface area contributed by atoms with E-state index in [2.05, 4.69) is 40.7 Å². The minimum Gasteiger partial charge on any atom is -0.463 e. The van der Waals surface area contributed by atoms with Crippen LogP contribution < -0.4 is 0 Å². The molecule has 0 aromatic carbocycles. The molecule has 10 atom stereocenters. The van der Waals surface area contributed by atoms with Crippen LogP contribution in [-0.2, 0) is 159 Å². The Labute approximate surface area is 545 Å². The molecule has 0 aliphatic carbocycles. The zero-order valence-electron chi connectivity index (χ0n) is 54.2. The van der Waals surface area contributed by atoms with Crippen molar-refractivity contribution in [2.75, 3.05) is 132 Å². The first kappa shape index (κ1) is 79.6. The fourth-order valence-corrected chi connectivity index (χ4v) is 8.91. The van der Waals surface area contributed by atoms with Crippen molar-refractivity contribution in [2.24, 2.45) is 15.6 Å². The Kier molecular flexibility index (Phi) is 37.5. The maximum Gasteiger partial charge on any atom is 0.303 e. The smallest absolute Gasteiger partial charge is 0.303 e. The van der Waals surface area contributed by atoms with Crippen LogP contribution in [0.2, 0.25) is 0 Å². The summed E-state index contributed by atoms with van der Waals surface area (Å²) in [6.07, 6.45) is -10.6. The molecule has 2 fully saturated rings. The van der Waals surface area contributed by atoms with E-state index in [0.717, 1.165) is 55.4 Å². The number of nitrogens with zero attached hydrogens (tertiary/aromatic N) is 12. The monoisotopic (exact) mass is 1360 g/mol. The molecule has 2 saturated heterocycles. The standard InChI is InChI=1S/C55H84N12O28/c1-35(68)84-29-45-47(88-37(3)70)49(90-39(5)72)51(92-41(7)74)53(94-45)86-27-43-25-66(64-60-43)11-15-78-19-23-82-33-55(31-80-21-17-76-13-9-58-62-56,32-81-22-18-77-14-10-59-63-57)34-83-24-20-79-16-12-67-26-44(61-65-67)28-87-54-52(93-42(8)75)50(91-40(6)73)48(89-38(4)71)46(95-54)30-85-36(2)69/h25-26,45-54H,9-24,27-34H2,1-8H3/t45-,46-,47-,48-,49+,50+,51-,52-,53+,54+/m1/s1. The SMILES string of the molecule is CC(=O)OC[C@H]1O[C@H](OCc2cn(CCOCCOCC(COCCOCCN=[N+]=[N-])(COCCOCCN=[N+]=[N-])COCCOCCn3cc(CO[C@H]4O[C@H](COC(C)=O)[C@@H](OC(C)=O)[C@H](OC(C)=O)[C@H]4OC(C)=O)nn3)nn2)[C@H](OC(C)=O)[C@@H](OC(C)=O)[C@@H]1OC(C)=O. The summed E-state index contributed by atoms with van der Waals surface area (Å²) < 4.78 is 117. The van der Waals surface area contributed by atoms with Crippen molar-refractivity contribution in [3.05, 3.63) is 44.7 Å². The van der Waals surface area contributed by atoms with Gasteiger partial charge in [-0.05, 0) is 11.1 Å². The second-order valence-corrected chi connectivity index (χ2v) is 20.8. The molecule has 4 rings (SSSR count). The summed E-state index contributed by atoms with van der Waals surface area (Å²) in [5.74, 6) is -6.09. The van der Waals surface area contributed by atoms with Crippen molar-refractivity contribution >= 4 is 47.8 Å². The second-order valence-electron chi connectivity index (χ2n) is 20.8. The first-order chi connectivity index (χ1) is 45.6. The minimum absolute atomic E-state index is 0.0603. The molecular formula is C55H84N12O28. The Bertz CT molecular complexity index is 2600. The van der Waals surface area contributed by atoms with E-state index in [1.807, 2.05) is 0 Å². The predicted octanol–water partition coefficient (Wildman–Crippen LogP) is 0.509. The predicted molar refractivity (Wildman–Crippen MR) is 311 cm³/mol. The number of azide groups is 2. The van der Waals surface area contributed by atoms with E-state index in [1.165, 1.54) is 9.36 Å². The van der Waals surface area contributed by atoms with E-state index in [4.69, 9.17) is 106 Å². The van der Waals surface area contributed by atoms with Gasteiger partial charge in [-0.3, -0.25) is 38.4 Å². The van der Waals surface area contributed by atoms with Crippen LogP contribution in [-0.4, -0.2) is 271 Å². The number of esters is 8. The van der Waals surface area contributed by atoms with Gasteiger partial charge < -0.3 is 94.7 Å². The molecular weight excluding hydrogens is 1280 g/mol. The molecule has 0 radical (unpaired) electrons. The highest BCUT2D eigenvalue weighted by molar-refractivity contribution is 5.70. The van der Waals surface area contributed by atoms with Crippen LogP contribution in [0.3, 0.4) is 0 Å². The van der Waals surface area contributed by atoms with Crippen LogP contribution in [0.1, 0.15) is 66.8 Å². The third-order valence-electron chi connectivity index (χ3n) is 12.7. The molecule has 40 nitrogen and oxygen atoms in total. The molecule has 0 unspecified atom stereocenters. The zero-order valence-corrected chi connectivity index (χ0v) is 54.2. The average Bonchev–Trinajstić information content (AvgIpc) is 1.21. The van der Waals surface area contributed by atoms with Crippen molar-refractivity contribution in [2.45, 2.75) is 143 Å². The minimum atomic E-state index is -1.43. The van der Waals surface area contributed by atoms with Crippen molar-refractivity contribution < 1.29 is 133 Å². The fourth-order valence-electron chi connectivity index (χ4n) is 8.91. The van der Waals surface area contributed by atoms with Crippen LogP contribution in [0.5, 0.6) is 0 Å². The number of hydrogen-bond donors (Lipinski definition) is 0.